The molecule has 0 spiro atoms. The van der Waals surface area contributed by atoms with E-state index in [-0.39, 0.29) is 22.1 Å². The first-order valence-electron chi connectivity index (χ1n) is 9.83. The second-order valence-corrected chi connectivity index (χ2v) is 8.46. The molecule has 2 heterocycles. The Morgan fingerprint density at radius 2 is 1.88 bits per heavy atom. The fourth-order valence-corrected chi connectivity index (χ4v) is 4.02. The van der Waals surface area contributed by atoms with E-state index in [4.69, 9.17) is 0 Å². The Kier molecular flexibility index (Phi) is 6.09. The number of hydrogen-bond acceptors (Lipinski definition) is 6. The van der Waals surface area contributed by atoms with Crippen molar-refractivity contribution >= 4 is 23.4 Å². The zero-order chi connectivity index (χ0) is 23.7. The number of hydrogen-bond donors (Lipinski definition) is 1. The number of rotatable bonds is 6. The topological polar surface area (TPSA) is 99.6 Å². The molecule has 0 bridgehead atoms. The van der Waals surface area contributed by atoms with E-state index in [9.17, 15) is 18.4 Å². The van der Waals surface area contributed by atoms with Crippen molar-refractivity contribution in [1.82, 2.24) is 29.6 Å². The molecule has 0 fully saturated rings. The van der Waals surface area contributed by atoms with Crippen molar-refractivity contribution in [3.8, 4) is 11.4 Å². The first-order chi connectivity index (χ1) is 15.8. The minimum absolute atomic E-state index is 0.141. The van der Waals surface area contributed by atoms with E-state index >= 15 is 0 Å². The van der Waals surface area contributed by atoms with Crippen LogP contribution in [0, 0.1) is 18.6 Å². The zero-order valence-electron chi connectivity index (χ0n) is 17.9. The van der Waals surface area contributed by atoms with Crippen molar-refractivity contribution in [2.75, 3.05) is 5.32 Å². The lowest BCUT2D eigenvalue weighted by Crippen LogP contribution is -2.24. The van der Waals surface area contributed by atoms with Gasteiger partial charge in [-0.15, -0.1) is 5.10 Å². The third-order valence-electron chi connectivity index (χ3n) is 5.02. The van der Waals surface area contributed by atoms with Crippen LogP contribution in [0.3, 0.4) is 0 Å². The number of amides is 1. The lowest BCUT2D eigenvalue weighted by atomic mass is 10.3. The van der Waals surface area contributed by atoms with Gasteiger partial charge in [0, 0.05) is 13.1 Å². The quantitative estimate of drug-likeness (QED) is 0.434. The normalized spacial score (nSPS) is 12.0. The molecular weight excluding hydrogens is 452 g/mol. The first-order valence-corrected chi connectivity index (χ1v) is 10.7. The van der Waals surface area contributed by atoms with Crippen molar-refractivity contribution in [1.29, 1.82) is 0 Å². The van der Waals surface area contributed by atoms with Gasteiger partial charge >= 0.3 is 0 Å². The molecule has 2 aromatic heterocycles. The third-order valence-corrected chi connectivity index (χ3v) is 6.05. The molecule has 170 valence electrons. The van der Waals surface area contributed by atoms with Gasteiger partial charge in [-0.25, -0.2) is 13.5 Å². The molecule has 2 aromatic carbocycles. The molecule has 0 saturated carbocycles. The second kappa shape index (κ2) is 8.98. The Labute approximate surface area is 191 Å². The van der Waals surface area contributed by atoms with Gasteiger partial charge in [0.25, 0.3) is 5.56 Å². The van der Waals surface area contributed by atoms with Gasteiger partial charge in [-0.1, -0.05) is 30.0 Å². The van der Waals surface area contributed by atoms with Crippen LogP contribution in [0.4, 0.5) is 14.5 Å². The van der Waals surface area contributed by atoms with Crippen molar-refractivity contribution in [3.63, 3.8) is 0 Å². The predicted octanol–water partition coefficient (Wildman–Crippen LogP) is 2.86. The first kappa shape index (κ1) is 22.4. The number of tetrazole rings is 1. The summed E-state index contributed by atoms with van der Waals surface area (Å²) >= 11 is 0.997. The fraction of sp³-hybridized carbons (Fsp3) is 0.190. The Hall–Kier alpha value is -3.80. The largest absolute Gasteiger partial charge is 0.323 e. The Balaban J connectivity index is 1.61. The lowest BCUT2D eigenvalue weighted by molar-refractivity contribution is -0.115. The predicted molar refractivity (Wildman–Crippen MR) is 119 cm³/mol. The number of thioether (sulfide) groups is 1. The van der Waals surface area contributed by atoms with Crippen LogP contribution in [0.1, 0.15) is 12.6 Å². The number of nitrogens with one attached hydrogen (secondary N) is 1. The molecule has 1 amide bonds. The van der Waals surface area contributed by atoms with E-state index in [1.807, 2.05) is 18.2 Å². The molecule has 12 heteroatoms. The van der Waals surface area contributed by atoms with E-state index in [0.29, 0.717) is 17.4 Å². The lowest BCUT2D eigenvalue weighted by Gasteiger charge is -2.12. The molecule has 0 aliphatic carbocycles. The smallest absolute Gasteiger partial charge is 0.297 e. The standard InChI is InChI=1S/C21H19F2N7O2S/c1-12-18(20(32)30(28(12)3)15-7-5-4-6-8-15)29-21(25-26-27-29)33-13(2)19(31)24-17-10-9-14(22)11-16(17)23/h4-11,13H,1-3H3,(H,24,31). The highest BCUT2D eigenvalue weighted by atomic mass is 32.2. The molecule has 0 saturated heterocycles. The maximum Gasteiger partial charge on any atom is 0.297 e. The van der Waals surface area contributed by atoms with Gasteiger partial charge in [0.15, 0.2) is 5.69 Å². The third kappa shape index (κ3) is 4.29. The van der Waals surface area contributed by atoms with Gasteiger partial charge in [-0.2, -0.15) is 4.68 Å². The number of carbonyl (C=O) groups excluding carboxylic acids is 1. The number of carbonyl (C=O) groups is 1. The Bertz CT molecular complexity index is 1380. The SMILES string of the molecule is Cc1c(-n2nnnc2SC(C)C(=O)Nc2ccc(F)cc2F)c(=O)n(-c2ccccc2)n1C. The highest BCUT2D eigenvalue weighted by Gasteiger charge is 2.25. The summed E-state index contributed by atoms with van der Waals surface area (Å²) in [6, 6.07) is 12.0. The van der Waals surface area contributed by atoms with Crippen LogP contribution in [0.5, 0.6) is 0 Å². The summed E-state index contributed by atoms with van der Waals surface area (Å²) < 4.78 is 31.4. The molecule has 0 radical (unpaired) electrons. The van der Waals surface area contributed by atoms with Crippen LogP contribution in [0.2, 0.25) is 0 Å². The molecule has 9 nitrogen and oxygen atoms in total. The summed E-state index contributed by atoms with van der Waals surface area (Å²) in [4.78, 5) is 25.8. The van der Waals surface area contributed by atoms with Crippen LogP contribution in [-0.4, -0.2) is 40.7 Å². The molecule has 0 aliphatic rings. The minimum Gasteiger partial charge on any atom is -0.323 e. The second-order valence-electron chi connectivity index (χ2n) is 7.16. The summed E-state index contributed by atoms with van der Waals surface area (Å²) in [5.41, 5.74) is 1.06. The van der Waals surface area contributed by atoms with Crippen molar-refractivity contribution in [2.24, 2.45) is 7.05 Å². The van der Waals surface area contributed by atoms with Crippen LogP contribution in [0.15, 0.2) is 58.5 Å². The van der Waals surface area contributed by atoms with Gasteiger partial charge in [-0.3, -0.25) is 14.3 Å². The van der Waals surface area contributed by atoms with Gasteiger partial charge < -0.3 is 5.32 Å². The van der Waals surface area contributed by atoms with Crippen LogP contribution in [-0.2, 0) is 11.8 Å². The summed E-state index contributed by atoms with van der Waals surface area (Å²) in [7, 11) is 1.75. The van der Waals surface area contributed by atoms with Crippen molar-refractivity contribution in [2.45, 2.75) is 24.3 Å². The maximum atomic E-state index is 13.9. The fourth-order valence-electron chi connectivity index (χ4n) is 3.23. The summed E-state index contributed by atoms with van der Waals surface area (Å²) in [6.07, 6.45) is 0. The summed E-state index contributed by atoms with van der Waals surface area (Å²) in [5, 5.41) is 13.4. The number of halogens is 2. The maximum absolute atomic E-state index is 13.9. The van der Waals surface area contributed by atoms with Crippen LogP contribution in [0.25, 0.3) is 11.4 Å². The van der Waals surface area contributed by atoms with Gasteiger partial charge in [0.2, 0.25) is 11.1 Å². The van der Waals surface area contributed by atoms with E-state index in [1.165, 1.54) is 9.36 Å². The number of anilines is 1. The molecule has 4 rings (SSSR count). The van der Waals surface area contributed by atoms with E-state index < -0.39 is 22.8 Å². The van der Waals surface area contributed by atoms with Gasteiger partial charge in [0.1, 0.15) is 11.6 Å². The molecule has 33 heavy (non-hydrogen) atoms. The Morgan fingerprint density at radius 3 is 2.58 bits per heavy atom. The molecule has 1 unspecified atom stereocenters. The zero-order valence-corrected chi connectivity index (χ0v) is 18.7. The molecule has 1 atom stereocenters. The highest BCUT2D eigenvalue weighted by molar-refractivity contribution is 8.00. The van der Waals surface area contributed by atoms with Gasteiger partial charge in [0.05, 0.1) is 22.3 Å². The molecule has 1 N–H and O–H groups in total. The van der Waals surface area contributed by atoms with Crippen molar-refractivity contribution < 1.29 is 13.6 Å². The van der Waals surface area contributed by atoms with E-state index in [1.54, 1.807) is 37.7 Å². The monoisotopic (exact) mass is 471 g/mol. The van der Waals surface area contributed by atoms with Crippen LogP contribution < -0.4 is 10.9 Å². The number of aromatic nitrogens is 6. The molecule has 4 aromatic rings. The van der Waals surface area contributed by atoms with Gasteiger partial charge in [-0.05, 0) is 48.5 Å². The Morgan fingerprint density at radius 1 is 1.15 bits per heavy atom. The molecule has 0 aliphatic heterocycles. The summed E-state index contributed by atoms with van der Waals surface area (Å²) in [6.45, 7) is 3.35. The van der Waals surface area contributed by atoms with Crippen LogP contribution >= 0.6 is 11.8 Å². The van der Waals surface area contributed by atoms with Crippen molar-refractivity contribution in [3.05, 3.63) is 76.2 Å². The minimum atomic E-state index is -0.883. The molecular formula is C21H19F2N7O2S. The average molecular weight is 471 g/mol. The number of nitrogens with zero attached hydrogens (tertiary/aromatic N) is 6. The average Bonchev–Trinajstić information content (AvgIpc) is 3.32. The highest BCUT2D eigenvalue weighted by Crippen LogP contribution is 2.25. The number of para-hydroxylation sites is 1. The number of benzene rings is 2. The summed E-state index contributed by atoms with van der Waals surface area (Å²) in [5.74, 6) is -2.16. The van der Waals surface area contributed by atoms with E-state index in [2.05, 4.69) is 20.8 Å². The van der Waals surface area contributed by atoms with E-state index in [0.717, 1.165) is 23.9 Å².